The average Bonchev–Trinajstić information content (AvgIpc) is 2.78. The summed E-state index contributed by atoms with van der Waals surface area (Å²) in [4.78, 5) is 22.8. The Kier molecular flexibility index (Phi) is 6.00. The van der Waals surface area contributed by atoms with Crippen LogP contribution in [-0.2, 0) is 11.3 Å². The van der Waals surface area contributed by atoms with Crippen LogP contribution in [0.1, 0.15) is 43.5 Å². The van der Waals surface area contributed by atoms with Gasteiger partial charge in [0.25, 0.3) is 0 Å². The van der Waals surface area contributed by atoms with Gasteiger partial charge in [0.1, 0.15) is 5.82 Å². The highest BCUT2D eigenvalue weighted by atomic mass is 16.5. The third-order valence-corrected chi connectivity index (χ3v) is 6.95. The molecule has 5 rings (SSSR count). The van der Waals surface area contributed by atoms with Crippen molar-refractivity contribution in [2.24, 2.45) is 5.92 Å². The molecular formula is C23H33N7O. The molecule has 1 atom stereocenters. The van der Waals surface area contributed by atoms with E-state index in [1.807, 2.05) is 19.3 Å². The highest BCUT2D eigenvalue weighted by molar-refractivity contribution is 5.37. The summed E-state index contributed by atoms with van der Waals surface area (Å²) in [5, 5.41) is 3.50. The number of nitrogens with one attached hydrogen (secondary N) is 1. The summed E-state index contributed by atoms with van der Waals surface area (Å²) in [6, 6.07) is 4.18. The van der Waals surface area contributed by atoms with Crippen LogP contribution >= 0.6 is 0 Å². The van der Waals surface area contributed by atoms with Gasteiger partial charge in [-0.15, -0.1) is 0 Å². The van der Waals surface area contributed by atoms with Crippen molar-refractivity contribution in [1.82, 2.24) is 24.8 Å². The second-order valence-corrected chi connectivity index (χ2v) is 9.25. The summed E-state index contributed by atoms with van der Waals surface area (Å²) in [5.74, 6) is 2.90. The minimum Gasteiger partial charge on any atom is -0.375 e. The van der Waals surface area contributed by atoms with E-state index in [1.165, 1.54) is 24.8 Å². The molecule has 0 aromatic carbocycles. The van der Waals surface area contributed by atoms with Gasteiger partial charge < -0.3 is 15.0 Å². The molecule has 2 aromatic heterocycles. The second-order valence-electron chi connectivity index (χ2n) is 9.25. The van der Waals surface area contributed by atoms with Gasteiger partial charge in [-0.25, -0.2) is 0 Å². The minimum atomic E-state index is 0.181. The zero-order valence-electron chi connectivity index (χ0n) is 18.5. The Bertz CT molecular complexity index is 865. The molecule has 166 valence electrons. The summed E-state index contributed by atoms with van der Waals surface area (Å²) in [6.07, 6.45) is 9.77. The van der Waals surface area contributed by atoms with Gasteiger partial charge in [-0.2, -0.15) is 15.0 Å². The molecule has 31 heavy (non-hydrogen) atoms. The Morgan fingerprint density at radius 1 is 1.10 bits per heavy atom. The number of aryl methyl sites for hydroxylation is 1. The van der Waals surface area contributed by atoms with Gasteiger partial charge in [-0.3, -0.25) is 9.88 Å². The van der Waals surface area contributed by atoms with Gasteiger partial charge in [0, 0.05) is 58.3 Å². The van der Waals surface area contributed by atoms with Crippen LogP contribution in [0.5, 0.6) is 0 Å². The molecule has 0 bridgehead atoms. The van der Waals surface area contributed by atoms with Gasteiger partial charge in [-0.05, 0) is 62.6 Å². The molecular weight excluding hydrogens is 390 g/mol. The molecule has 2 aliphatic heterocycles. The summed E-state index contributed by atoms with van der Waals surface area (Å²) < 4.78 is 6.06. The van der Waals surface area contributed by atoms with Gasteiger partial charge in [0.05, 0.1) is 5.60 Å². The Hall–Kier alpha value is -2.32. The molecule has 0 radical (unpaired) electrons. The number of piperazine rings is 1. The number of aromatic nitrogens is 4. The Balaban J connectivity index is 1.15. The van der Waals surface area contributed by atoms with Crippen LogP contribution in [0.3, 0.4) is 0 Å². The van der Waals surface area contributed by atoms with Crippen LogP contribution in [-0.4, -0.2) is 69.8 Å². The lowest BCUT2D eigenvalue weighted by Gasteiger charge is -2.47. The fourth-order valence-electron chi connectivity index (χ4n) is 5.00. The predicted molar refractivity (Wildman–Crippen MR) is 120 cm³/mol. The van der Waals surface area contributed by atoms with E-state index in [1.54, 1.807) is 0 Å². The molecule has 4 heterocycles. The third-order valence-electron chi connectivity index (χ3n) is 6.95. The number of rotatable bonds is 6. The van der Waals surface area contributed by atoms with E-state index in [0.29, 0.717) is 11.9 Å². The summed E-state index contributed by atoms with van der Waals surface area (Å²) >= 11 is 0. The molecule has 1 unspecified atom stereocenters. The number of nitrogens with zero attached hydrogens (tertiary/aromatic N) is 6. The summed E-state index contributed by atoms with van der Waals surface area (Å²) in [5.41, 5.74) is 1.49. The lowest BCUT2D eigenvalue weighted by molar-refractivity contribution is -0.141. The van der Waals surface area contributed by atoms with Crippen molar-refractivity contribution < 1.29 is 4.74 Å². The van der Waals surface area contributed by atoms with Crippen molar-refractivity contribution >= 4 is 11.9 Å². The van der Waals surface area contributed by atoms with E-state index in [4.69, 9.17) is 9.72 Å². The maximum absolute atomic E-state index is 6.06. The third kappa shape index (κ3) is 4.96. The van der Waals surface area contributed by atoms with Crippen molar-refractivity contribution in [2.75, 3.05) is 49.5 Å². The maximum atomic E-state index is 6.06. The van der Waals surface area contributed by atoms with Crippen LogP contribution < -0.4 is 10.2 Å². The lowest BCUT2D eigenvalue weighted by Crippen LogP contribution is -2.47. The zero-order valence-corrected chi connectivity index (χ0v) is 18.5. The van der Waals surface area contributed by atoms with Gasteiger partial charge in [0.15, 0.2) is 0 Å². The molecule has 8 nitrogen and oxygen atoms in total. The standard InChI is InChI=1S/C23H33N7O/c1-18-26-21(25-16-20-5-14-31-23(15-20)6-2-7-23)28-22(27-18)30-12-10-29(11-13-30)17-19-3-8-24-9-4-19/h3-4,8-9,20H,2,5-7,10-17H2,1H3,(H,25,26,27,28). The van der Waals surface area contributed by atoms with E-state index < -0.39 is 0 Å². The van der Waals surface area contributed by atoms with E-state index in [9.17, 15) is 0 Å². The minimum absolute atomic E-state index is 0.181. The highest BCUT2D eigenvalue weighted by Gasteiger charge is 2.42. The molecule has 2 saturated heterocycles. The van der Waals surface area contributed by atoms with Crippen molar-refractivity contribution in [1.29, 1.82) is 0 Å². The molecule has 0 amide bonds. The van der Waals surface area contributed by atoms with Crippen LogP contribution in [0.25, 0.3) is 0 Å². The normalized spacial score (nSPS) is 23.5. The van der Waals surface area contributed by atoms with Crippen LogP contribution in [0.4, 0.5) is 11.9 Å². The fraction of sp³-hybridized carbons (Fsp3) is 0.652. The Morgan fingerprint density at radius 2 is 1.90 bits per heavy atom. The molecule has 1 spiro atoms. The van der Waals surface area contributed by atoms with Crippen molar-refractivity contribution in [3.8, 4) is 0 Å². The molecule has 8 heteroatoms. The van der Waals surface area contributed by atoms with Crippen molar-refractivity contribution in [2.45, 2.75) is 51.2 Å². The number of ether oxygens (including phenoxy) is 1. The van der Waals surface area contributed by atoms with Gasteiger partial charge in [-0.1, -0.05) is 0 Å². The van der Waals surface area contributed by atoms with Crippen molar-refractivity contribution in [3.05, 3.63) is 35.9 Å². The molecule has 3 aliphatic rings. The zero-order chi connectivity index (χ0) is 21.1. The monoisotopic (exact) mass is 423 g/mol. The molecule has 1 saturated carbocycles. The van der Waals surface area contributed by atoms with E-state index in [2.05, 4.69) is 42.2 Å². The number of anilines is 2. The first kappa shape index (κ1) is 20.6. The fourth-order valence-corrected chi connectivity index (χ4v) is 5.00. The number of pyridine rings is 1. The Morgan fingerprint density at radius 3 is 2.65 bits per heavy atom. The van der Waals surface area contributed by atoms with E-state index in [-0.39, 0.29) is 5.60 Å². The van der Waals surface area contributed by atoms with Crippen LogP contribution in [0.15, 0.2) is 24.5 Å². The first-order valence-electron chi connectivity index (χ1n) is 11.6. The number of hydrogen-bond acceptors (Lipinski definition) is 8. The largest absolute Gasteiger partial charge is 0.375 e. The lowest BCUT2D eigenvalue weighted by atomic mass is 9.72. The van der Waals surface area contributed by atoms with Gasteiger partial charge >= 0.3 is 0 Å². The molecule has 2 aromatic rings. The quantitative estimate of drug-likeness (QED) is 0.760. The molecule has 3 fully saturated rings. The highest BCUT2D eigenvalue weighted by Crippen LogP contribution is 2.44. The van der Waals surface area contributed by atoms with Crippen LogP contribution in [0.2, 0.25) is 0 Å². The molecule has 1 N–H and O–H groups in total. The SMILES string of the molecule is Cc1nc(NCC2CCOC3(CCC3)C2)nc(N2CCN(Cc3ccncc3)CC2)n1. The van der Waals surface area contributed by atoms with Crippen molar-refractivity contribution in [3.63, 3.8) is 0 Å². The van der Waals surface area contributed by atoms with Gasteiger partial charge in [0.2, 0.25) is 11.9 Å². The topological polar surface area (TPSA) is 79.3 Å². The Labute approximate surface area is 184 Å². The number of hydrogen-bond donors (Lipinski definition) is 1. The smallest absolute Gasteiger partial charge is 0.230 e. The second kappa shape index (κ2) is 9.04. The molecule has 1 aliphatic carbocycles. The maximum Gasteiger partial charge on any atom is 0.230 e. The summed E-state index contributed by atoms with van der Waals surface area (Å²) in [7, 11) is 0. The first-order valence-corrected chi connectivity index (χ1v) is 11.6. The average molecular weight is 424 g/mol. The summed E-state index contributed by atoms with van der Waals surface area (Å²) in [6.45, 7) is 8.57. The van der Waals surface area contributed by atoms with Crippen LogP contribution in [0, 0.1) is 12.8 Å². The van der Waals surface area contributed by atoms with E-state index in [0.717, 1.165) is 70.5 Å². The van der Waals surface area contributed by atoms with E-state index >= 15 is 0 Å². The predicted octanol–water partition coefficient (Wildman–Crippen LogP) is 2.66. The first-order chi connectivity index (χ1) is 15.2.